The molecule has 21 heavy (non-hydrogen) atoms. The van der Waals surface area contributed by atoms with E-state index in [1.54, 1.807) is 0 Å². The molecule has 0 saturated heterocycles. The largest absolute Gasteiger partial charge is 0.349 e. The minimum absolute atomic E-state index is 0.666. The van der Waals surface area contributed by atoms with E-state index in [4.69, 9.17) is 0 Å². The highest BCUT2D eigenvalue weighted by Crippen LogP contribution is 2.19. The summed E-state index contributed by atoms with van der Waals surface area (Å²) < 4.78 is 1.82. The van der Waals surface area contributed by atoms with Gasteiger partial charge in [0.05, 0.1) is 12.7 Å². The van der Waals surface area contributed by atoms with Crippen molar-refractivity contribution in [2.45, 2.75) is 6.54 Å². The van der Waals surface area contributed by atoms with Crippen molar-refractivity contribution in [1.82, 2.24) is 19.6 Å². The summed E-state index contributed by atoms with van der Waals surface area (Å²) in [5.41, 5.74) is 3.49. The van der Waals surface area contributed by atoms with Crippen LogP contribution in [0.1, 0.15) is 5.56 Å². The molecule has 112 valence electrons. The Kier molecular flexibility index (Phi) is 4.62. The number of benzene rings is 1. The quantitative estimate of drug-likeness (QED) is 0.640. The molecule has 0 radical (unpaired) electrons. The van der Waals surface area contributed by atoms with Crippen molar-refractivity contribution in [3.63, 3.8) is 0 Å². The third-order valence-corrected chi connectivity index (χ3v) is 3.17. The van der Waals surface area contributed by atoms with E-state index in [1.807, 2.05) is 62.1 Å². The molecule has 0 aliphatic rings. The van der Waals surface area contributed by atoms with Crippen molar-refractivity contribution in [2.75, 3.05) is 28.2 Å². The SMILES string of the molecule is CN(C)C(=NCc1cccc(-c2cnn(C)c2)c1)N(C)C. The Bertz CT molecular complexity index is 615. The standard InChI is InChI=1S/C16H23N5/c1-19(2)16(20(3)4)17-10-13-7-6-8-14(9-13)15-11-18-21(5)12-15/h6-9,11-12H,10H2,1-5H3. The zero-order chi connectivity index (χ0) is 15.4. The van der Waals surface area contributed by atoms with E-state index in [2.05, 4.69) is 34.4 Å². The number of hydrogen-bond donors (Lipinski definition) is 0. The van der Waals surface area contributed by atoms with Crippen molar-refractivity contribution in [3.05, 3.63) is 42.2 Å². The molecule has 1 heterocycles. The van der Waals surface area contributed by atoms with Crippen LogP contribution in [0.5, 0.6) is 0 Å². The fourth-order valence-corrected chi connectivity index (χ4v) is 2.26. The van der Waals surface area contributed by atoms with Crippen molar-refractivity contribution in [3.8, 4) is 11.1 Å². The van der Waals surface area contributed by atoms with E-state index in [0.717, 1.165) is 11.5 Å². The molecular formula is C16H23N5. The number of nitrogens with zero attached hydrogens (tertiary/aromatic N) is 5. The third kappa shape index (κ3) is 3.84. The molecular weight excluding hydrogens is 262 g/mol. The summed E-state index contributed by atoms with van der Waals surface area (Å²) in [6.45, 7) is 0.666. The van der Waals surface area contributed by atoms with Gasteiger partial charge in [0, 0.05) is 47.0 Å². The van der Waals surface area contributed by atoms with Gasteiger partial charge in [-0.2, -0.15) is 5.10 Å². The first-order chi connectivity index (χ1) is 9.97. The zero-order valence-electron chi connectivity index (χ0n) is 13.4. The summed E-state index contributed by atoms with van der Waals surface area (Å²) in [4.78, 5) is 8.72. The Morgan fingerprint density at radius 1 is 1.14 bits per heavy atom. The molecule has 0 amide bonds. The number of guanidine groups is 1. The molecule has 0 unspecified atom stereocenters. The molecule has 2 rings (SSSR count). The van der Waals surface area contributed by atoms with Gasteiger partial charge in [0.25, 0.3) is 0 Å². The second-order valence-electron chi connectivity index (χ2n) is 5.51. The van der Waals surface area contributed by atoms with Gasteiger partial charge >= 0.3 is 0 Å². The molecule has 2 aromatic rings. The van der Waals surface area contributed by atoms with Gasteiger partial charge in [-0.1, -0.05) is 18.2 Å². The lowest BCUT2D eigenvalue weighted by Gasteiger charge is -2.22. The molecule has 0 atom stereocenters. The van der Waals surface area contributed by atoms with E-state index >= 15 is 0 Å². The minimum Gasteiger partial charge on any atom is -0.349 e. The lowest BCUT2D eigenvalue weighted by Crippen LogP contribution is -2.35. The van der Waals surface area contributed by atoms with Crippen molar-refractivity contribution >= 4 is 5.96 Å². The summed E-state index contributed by atoms with van der Waals surface area (Å²) >= 11 is 0. The van der Waals surface area contributed by atoms with E-state index in [1.165, 1.54) is 11.1 Å². The van der Waals surface area contributed by atoms with Crippen molar-refractivity contribution in [1.29, 1.82) is 0 Å². The van der Waals surface area contributed by atoms with Crippen molar-refractivity contribution in [2.24, 2.45) is 12.0 Å². The Labute approximate surface area is 126 Å². The van der Waals surface area contributed by atoms with Crippen LogP contribution < -0.4 is 0 Å². The summed E-state index contributed by atoms with van der Waals surface area (Å²) in [7, 11) is 9.95. The number of aliphatic imine (C=N–C) groups is 1. The summed E-state index contributed by atoms with van der Waals surface area (Å²) in [5, 5.41) is 4.22. The van der Waals surface area contributed by atoms with Crippen LogP contribution in [0.4, 0.5) is 0 Å². The predicted octanol–water partition coefficient (Wildman–Crippen LogP) is 2.07. The first-order valence-corrected chi connectivity index (χ1v) is 6.94. The van der Waals surface area contributed by atoms with Crippen LogP contribution in [0.25, 0.3) is 11.1 Å². The number of aryl methyl sites for hydroxylation is 1. The lowest BCUT2D eigenvalue weighted by atomic mass is 10.1. The fraction of sp³-hybridized carbons (Fsp3) is 0.375. The third-order valence-electron chi connectivity index (χ3n) is 3.17. The number of hydrogen-bond acceptors (Lipinski definition) is 2. The highest BCUT2D eigenvalue weighted by atomic mass is 15.3. The van der Waals surface area contributed by atoms with Gasteiger partial charge < -0.3 is 9.80 Å². The fourth-order valence-electron chi connectivity index (χ4n) is 2.26. The Hall–Kier alpha value is -2.30. The highest BCUT2D eigenvalue weighted by Gasteiger charge is 2.05. The Morgan fingerprint density at radius 3 is 2.43 bits per heavy atom. The molecule has 0 spiro atoms. The van der Waals surface area contributed by atoms with Gasteiger partial charge in [-0.25, -0.2) is 4.99 Å². The van der Waals surface area contributed by atoms with Crippen LogP contribution in [0, 0.1) is 0 Å². The maximum absolute atomic E-state index is 4.68. The van der Waals surface area contributed by atoms with E-state index in [0.29, 0.717) is 6.54 Å². The molecule has 0 aliphatic carbocycles. The summed E-state index contributed by atoms with van der Waals surface area (Å²) in [6, 6.07) is 8.44. The Balaban J connectivity index is 2.20. The Morgan fingerprint density at radius 2 is 1.86 bits per heavy atom. The van der Waals surface area contributed by atoms with Crippen LogP contribution in [0.15, 0.2) is 41.7 Å². The molecule has 5 nitrogen and oxygen atoms in total. The molecule has 1 aromatic heterocycles. The summed E-state index contributed by atoms with van der Waals surface area (Å²) in [5.74, 6) is 0.960. The monoisotopic (exact) mass is 285 g/mol. The average molecular weight is 285 g/mol. The second-order valence-corrected chi connectivity index (χ2v) is 5.51. The van der Waals surface area contributed by atoms with Gasteiger partial charge in [0.2, 0.25) is 0 Å². The second kappa shape index (κ2) is 6.43. The van der Waals surface area contributed by atoms with Crippen LogP contribution in [-0.4, -0.2) is 53.7 Å². The first-order valence-electron chi connectivity index (χ1n) is 6.94. The van der Waals surface area contributed by atoms with E-state index < -0.39 is 0 Å². The molecule has 0 fully saturated rings. The molecule has 0 aliphatic heterocycles. The minimum atomic E-state index is 0.666. The lowest BCUT2D eigenvalue weighted by molar-refractivity contribution is 0.479. The van der Waals surface area contributed by atoms with Gasteiger partial charge in [-0.3, -0.25) is 4.68 Å². The molecule has 0 saturated carbocycles. The zero-order valence-corrected chi connectivity index (χ0v) is 13.4. The van der Waals surface area contributed by atoms with Gasteiger partial charge in [-0.15, -0.1) is 0 Å². The topological polar surface area (TPSA) is 36.7 Å². The smallest absolute Gasteiger partial charge is 0.195 e. The van der Waals surface area contributed by atoms with E-state index in [-0.39, 0.29) is 0 Å². The normalized spacial score (nSPS) is 10.3. The van der Waals surface area contributed by atoms with Crippen molar-refractivity contribution < 1.29 is 0 Å². The molecule has 1 aromatic carbocycles. The molecule has 0 N–H and O–H groups in total. The predicted molar refractivity (Wildman–Crippen MR) is 87.2 cm³/mol. The maximum atomic E-state index is 4.68. The van der Waals surface area contributed by atoms with Gasteiger partial charge in [-0.05, 0) is 17.2 Å². The molecule has 5 heteroatoms. The first kappa shape index (κ1) is 15.1. The average Bonchev–Trinajstić information content (AvgIpc) is 2.85. The number of aromatic nitrogens is 2. The molecule has 0 bridgehead atoms. The van der Waals surface area contributed by atoms with Crippen LogP contribution in [0.3, 0.4) is 0 Å². The van der Waals surface area contributed by atoms with Crippen LogP contribution >= 0.6 is 0 Å². The van der Waals surface area contributed by atoms with Gasteiger partial charge in [0.1, 0.15) is 0 Å². The van der Waals surface area contributed by atoms with E-state index in [9.17, 15) is 0 Å². The van der Waals surface area contributed by atoms with Crippen LogP contribution in [0.2, 0.25) is 0 Å². The maximum Gasteiger partial charge on any atom is 0.195 e. The highest BCUT2D eigenvalue weighted by molar-refractivity contribution is 5.79. The van der Waals surface area contributed by atoms with Crippen LogP contribution in [-0.2, 0) is 13.6 Å². The summed E-state index contributed by atoms with van der Waals surface area (Å²) in [6.07, 6.45) is 3.90. The van der Waals surface area contributed by atoms with Gasteiger partial charge in [0.15, 0.2) is 5.96 Å². The number of rotatable bonds is 3.